The molecule has 11 rings (SSSR count). The molecule has 0 unspecified atom stereocenters. The maximum Gasteiger partial charge on any atom is 0.0701 e. The molecule has 10 aromatic carbocycles. The van der Waals surface area contributed by atoms with Gasteiger partial charge in [-0.25, -0.2) is 0 Å². The SMILES string of the molecule is c1ccc(-c2ccc(N(c3ccc(-c4ccc(-c5c6ccccc6c(-c6cccc7ccccc67)c6ccccc56)cc4)cc3)c3cccc4ccccc34)cc2)nc1. The fourth-order valence-electron chi connectivity index (χ4n) is 8.95. The van der Waals surface area contributed by atoms with Gasteiger partial charge in [0.1, 0.15) is 0 Å². The number of hydrogen-bond acceptors (Lipinski definition) is 2. The minimum Gasteiger partial charge on any atom is -0.310 e. The molecule has 2 heteroatoms. The van der Waals surface area contributed by atoms with E-state index in [0.29, 0.717) is 0 Å². The lowest BCUT2D eigenvalue weighted by molar-refractivity contribution is 1.29. The van der Waals surface area contributed by atoms with Crippen molar-refractivity contribution in [1.82, 2.24) is 4.98 Å². The Kier molecular flexibility index (Phi) is 8.52. The third-order valence-electron chi connectivity index (χ3n) is 11.7. The van der Waals surface area contributed by atoms with Gasteiger partial charge in [-0.1, -0.05) is 182 Å². The van der Waals surface area contributed by atoms with Crippen molar-refractivity contribution in [2.24, 2.45) is 0 Å². The van der Waals surface area contributed by atoms with Crippen LogP contribution in [0.4, 0.5) is 17.1 Å². The predicted molar refractivity (Wildman–Crippen MR) is 251 cm³/mol. The lowest BCUT2D eigenvalue weighted by atomic mass is 9.84. The van der Waals surface area contributed by atoms with Crippen molar-refractivity contribution in [2.75, 3.05) is 4.90 Å². The van der Waals surface area contributed by atoms with Crippen molar-refractivity contribution >= 4 is 60.2 Å². The Hall–Kier alpha value is -7.81. The van der Waals surface area contributed by atoms with Gasteiger partial charge in [-0.3, -0.25) is 4.98 Å². The van der Waals surface area contributed by atoms with Gasteiger partial charge in [0, 0.05) is 28.5 Å². The molecule has 0 fully saturated rings. The Labute approximate surface area is 343 Å². The Morgan fingerprint density at radius 2 is 0.729 bits per heavy atom. The van der Waals surface area contributed by atoms with Crippen LogP contribution in [0.25, 0.3) is 87.7 Å². The molecule has 0 aliphatic carbocycles. The summed E-state index contributed by atoms with van der Waals surface area (Å²) in [6, 6.07) is 81.2. The summed E-state index contributed by atoms with van der Waals surface area (Å²) in [5.74, 6) is 0. The molecular formula is C57H38N2. The van der Waals surface area contributed by atoms with Crippen LogP contribution in [0.2, 0.25) is 0 Å². The molecule has 0 aliphatic heterocycles. The van der Waals surface area contributed by atoms with Crippen molar-refractivity contribution in [3.63, 3.8) is 0 Å². The zero-order valence-electron chi connectivity index (χ0n) is 32.3. The first kappa shape index (κ1) is 34.4. The molecular weight excluding hydrogens is 713 g/mol. The number of anilines is 3. The number of rotatable bonds is 7. The Balaban J connectivity index is 0.982. The number of hydrogen-bond donors (Lipinski definition) is 0. The summed E-state index contributed by atoms with van der Waals surface area (Å²) < 4.78 is 0. The number of fused-ring (bicyclic) bond motifs is 4. The average Bonchev–Trinajstić information content (AvgIpc) is 3.31. The van der Waals surface area contributed by atoms with Crippen LogP contribution < -0.4 is 4.90 Å². The zero-order chi connectivity index (χ0) is 39.1. The van der Waals surface area contributed by atoms with Crippen LogP contribution in [0, 0.1) is 0 Å². The summed E-state index contributed by atoms with van der Waals surface area (Å²) >= 11 is 0. The number of benzene rings is 10. The molecule has 0 aliphatic rings. The molecule has 1 heterocycles. The number of aromatic nitrogens is 1. The Morgan fingerprint density at radius 3 is 1.32 bits per heavy atom. The van der Waals surface area contributed by atoms with Crippen molar-refractivity contribution in [3.05, 3.63) is 231 Å². The van der Waals surface area contributed by atoms with Gasteiger partial charge >= 0.3 is 0 Å². The van der Waals surface area contributed by atoms with Crippen LogP contribution in [-0.2, 0) is 0 Å². The average molecular weight is 751 g/mol. The lowest BCUT2D eigenvalue weighted by Gasteiger charge is -2.27. The largest absolute Gasteiger partial charge is 0.310 e. The van der Waals surface area contributed by atoms with Crippen molar-refractivity contribution in [2.45, 2.75) is 0 Å². The van der Waals surface area contributed by atoms with E-state index in [9.17, 15) is 0 Å². The smallest absolute Gasteiger partial charge is 0.0701 e. The number of nitrogens with zero attached hydrogens (tertiary/aromatic N) is 2. The van der Waals surface area contributed by atoms with E-state index in [0.717, 1.165) is 28.3 Å². The van der Waals surface area contributed by atoms with E-state index in [4.69, 9.17) is 0 Å². The minimum absolute atomic E-state index is 0.963. The fraction of sp³-hybridized carbons (Fsp3) is 0. The van der Waals surface area contributed by atoms with Crippen LogP contribution >= 0.6 is 0 Å². The summed E-state index contributed by atoms with van der Waals surface area (Å²) in [6.07, 6.45) is 1.84. The van der Waals surface area contributed by atoms with Crippen LogP contribution in [0.15, 0.2) is 231 Å². The van der Waals surface area contributed by atoms with Crippen LogP contribution in [-0.4, -0.2) is 4.98 Å². The third kappa shape index (κ3) is 6.10. The second-order valence-electron chi connectivity index (χ2n) is 15.1. The van der Waals surface area contributed by atoms with Crippen LogP contribution in [0.3, 0.4) is 0 Å². The highest BCUT2D eigenvalue weighted by Gasteiger charge is 2.19. The van der Waals surface area contributed by atoms with E-state index in [-0.39, 0.29) is 0 Å². The van der Waals surface area contributed by atoms with E-state index < -0.39 is 0 Å². The first-order valence-electron chi connectivity index (χ1n) is 20.2. The van der Waals surface area contributed by atoms with Crippen molar-refractivity contribution < 1.29 is 0 Å². The summed E-state index contributed by atoms with van der Waals surface area (Å²) in [4.78, 5) is 6.94. The molecule has 1 aromatic heterocycles. The summed E-state index contributed by atoms with van der Waals surface area (Å²) in [7, 11) is 0. The lowest BCUT2D eigenvalue weighted by Crippen LogP contribution is -2.10. The van der Waals surface area contributed by atoms with Gasteiger partial charge < -0.3 is 4.90 Å². The summed E-state index contributed by atoms with van der Waals surface area (Å²) in [5, 5.41) is 9.98. The van der Waals surface area contributed by atoms with Gasteiger partial charge in [0.25, 0.3) is 0 Å². The normalized spacial score (nSPS) is 11.4. The first-order chi connectivity index (χ1) is 29.3. The molecule has 276 valence electrons. The number of pyridine rings is 1. The maximum absolute atomic E-state index is 4.58. The molecule has 59 heavy (non-hydrogen) atoms. The van der Waals surface area contributed by atoms with Crippen molar-refractivity contribution in [1.29, 1.82) is 0 Å². The van der Waals surface area contributed by atoms with E-state index in [1.165, 1.54) is 76.5 Å². The second kappa shape index (κ2) is 14.6. The molecule has 0 saturated carbocycles. The van der Waals surface area contributed by atoms with E-state index in [1.54, 1.807) is 0 Å². The minimum atomic E-state index is 0.963. The third-order valence-corrected chi connectivity index (χ3v) is 11.7. The standard InChI is InChI=1S/C57H38N2/c1-3-17-47-41(13-1)15-11-23-49(47)57-52-21-7-5-19-50(52)56(51-20-6-8-22-53(51)57)44-28-26-39(27-29-44)40-30-34-45(35-31-40)59(55-25-12-16-42-14-2-4-18-48(42)55)46-36-32-43(33-37-46)54-24-9-10-38-58-54/h1-38H. The van der Waals surface area contributed by atoms with Gasteiger partial charge in [-0.15, -0.1) is 0 Å². The summed E-state index contributed by atoms with van der Waals surface area (Å²) in [5.41, 5.74) is 12.7. The maximum atomic E-state index is 4.58. The molecule has 0 atom stereocenters. The highest BCUT2D eigenvalue weighted by Crippen LogP contribution is 2.46. The zero-order valence-corrected chi connectivity index (χ0v) is 32.3. The second-order valence-corrected chi connectivity index (χ2v) is 15.1. The molecule has 0 saturated heterocycles. The molecule has 0 bridgehead atoms. The monoisotopic (exact) mass is 750 g/mol. The van der Waals surface area contributed by atoms with Crippen LogP contribution in [0.5, 0.6) is 0 Å². The van der Waals surface area contributed by atoms with E-state index >= 15 is 0 Å². The van der Waals surface area contributed by atoms with Gasteiger partial charge in [0.05, 0.1) is 11.4 Å². The van der Waals surface area contributed by atoms with E-state index in [2.05, 4.69) is 222 Å². The van der Waals surface area contributed by atoms with E-state index in [1.807, 2.05) is 18.3 Å². The molecule has 0 radical (unpaired) electrons. The van der Waals surface area contributed by atoms with Gasteiger partial charge in [0.15, 0.2) is 0 Å². The molecule has 11 aromatic rings. The van der Waals surface area contributed by atoms with Gasteiger partial charge in [-0.05, 0) is 114 Å². The highest BCUT2D eigenvalue weighted by atomic mass is 15.1. The van der Waals surface area contributed by atoms with Crippen LogP contribution in [0.1, 0.15) is 0 Å². The molecule has 0 N–H and O–H groups in total. The van der Waals surface area contributed by atoms with Gasteiger partial charge in [-0.2, -0.15) is 0 Å². The van der Waals surface area contributed by atoms with Crippen molar-refractivity contribution in [3.8, 4) is 44.6 Å². The predicted octanol–water partition coefficient (Wildman–Crippen LogP) is 15.8. The summed E-state index contributed by atoms with van der Waals surface area (Å²) in [6.45, 7) is 0. The first-order valence-corrected chi connectivity index (χ1v) is 20.2. The Bertz CT molecular complexity index is 3230. The Morgan fingerprint density at radius 1 is 0.288 bits per heavy atom. The topological polar surface area (TPSA) is 16.1 Å². The van der Waals surface area contributed by atoms with Gasteiger partial charge in [0.2, 0.25) is 0 Å². The quantitative estimate of drug-likeness (QED) is 0.151. The molecule has 0 spiro atoms. The molecule has 2 nitrogen and oxygen atoms in total. The highest BCUT2D eigenvalue weighted by molar-refractivity contribution is 6.23. The fourth-order valence-corrected chi connectivity index (χ4v) is 8.95. The molecule has 0 amide bonds.